The lowest BCUT2D eigenvalue weighted by Gasteiger charge is -2.40. The summed E-state index contributed by atoms with van der Waals surface area (Å²) in [6.45, 7) is 8.04. The molecule has 0 aromatic heterocycles. The smallest absolute Gasteiger partial charge is 0.341 e. The summed E-state index contributed by atoms with van der Waals surface area (Å²) in [6.07, 6.45) is -3.85. The Hall–Kier alpha value is 0.220. The summed E-state index contributed by atoms with van der Waals surface area (Å²) >= 11 is 0. The van der Waals surface area contributed by atoms with Gasteiger partial charge in [0.05, 0.1) is 13.2 Å². The van der Waals surface area contributed by atoms with Crippen LogP contribution in [-0.4, -0.2) is 96.8 Å². The molecule has 14 heteroatoms. The van der Waals surface area contributed by atoms with E-state index in [-0.39, 0.29) is 36.6 Å². The van der Waals surface area contributed by atoms with Crippen LogP contribution in [0.25, 0.3) is 0 Å². The fraction of sp³-hybridized carbons (Fsp3) is 1.00. The molecule has 8 fully saturated rings. The van der Waals surface area contributed by atoms with Crippen molar-refractivity contribution in [2.24, 2.45) is 0 Å². The minimum atomic E-state index is -1.38. The largest absolute Gasteiger partial charge is 0.349 e. The molecule has 0 saturated carbocycles. The van der Waals surface area contributed by atoms with Crippen LogP contribution in [0.4, 0.5) is 0 Å². The Balaban J connectivity index is 0.987. The highest BCUT2D eigenvalue weighted by molar-refractivity contribution is 8.77. The summed E-state index contributed by atoms with van der Waals surface area (Å²) in [5.41, 5.74) is 0. The molecule has 8 heterocycles. The second-order valence-corrected chi connectivity index (χ2v) is 12.7. The second kappa shape index (κ2) is 6.99. The molecule has 0 aromatic carbocycles. The zero-order chi connectivity index (χ0) is 23.1. The molecule has 0 spiro atoms. The molecule has 8 aliphatic heterocycles. The maximum Gasteiger partial charge on any atom is 0.349 e. The van der Waals surface area contributed by atoms with Gasteiger partial charge < -0.3 is 56.8 Å². The monoisotopic (exact) mass is 522 g/mol. The van der Waals surface area contributed by atoms with E-state index in [2.05, 4.69) is 0 Å². The number of rotatable bonds is 3. The van der Waals surface area contributed by atoms with Gasteiger partial charge in [-0.25, -0.2) is 0 Å². The maximum absolute atomic E-state index is 6.31. The second-order valence-electron chi connectivity index (χ2n) is 10.4. The molecule has 0 aliphatic carbocycles. The van der Waals surface area contributed by atoms with E-state index in [9.17, 15) is 0 Å². The van der Waals surface area contributed by atoms with E-state index in [0.717, 1.165) is 0 Å². The Morgan fingerprint density at radius 3 is 1.38 bits per heavy atom. The van der Waals surface area contributed by atoms with Crippen molar-refractivity contribution in [1.29, 1.82) is 0 Å². The first kappa shape index (κ1) is 22.2. The van der Waals surface area contributed by atoms with Gasteiger partial charge in [0.15, 0.2) is 24.2 Å². The van der Waals surface area contributed by atoms with Gasteiger partial charge in [-0.1, -0.05) is 0 Å². The van der Waals surface area contributed by atoms with Crippen LogP contribution in [0.2, 0.25) is 0 Å². The average molecular weight is 523 g/mol. The van der Waals surface area contributed by atoms with Crippen LogP contribution in [0.15, 0.2) is 0 Å². The molecular weight excluding hydrogens is 496 g/mol. The minimum absolute atomic E-state index is 0.310. The average Bonchev–Trinajstić information content (AvgIpc) is 3.55. The third-order valence-electron chi connectivity index (χ3n) is 7.03. The lowest BCUT2D eigenvalue weighted by molar-refractivity contribution is -0.345. The number of hydrogen-bond donors (Lipinski definition) is 0. The fourth-order valence-corrected chi connectivity index (χ4v) is 8.20. The zero-order valence-electron chi connectivity index (χ0n) is 18.9. The molecule has 0 aromatic rings. The van der Waals surface area contributed by atoms with Crippen LogP contribution in [0.1, 0.15) is 27.7 Å². The molecule has 0 N–H and O–H groups in total. The van der Waals surface area contributed by atoms with E-state index in [0.29, 0.717) is 13.2 Å². The van der Waals surface area contributed by atoms with Crippen molar-refractivity contribution >= 4 is 21.6 Å². The van der Waals surface area contributed by atoms with E-state index in [1.54, 1.807) is 0 Å². The van der Waals surface area contributed by atoms with Gasteiger partial charge in [0.2, 0.25) is 0 Å². The molecule has 34 heavy (non-hydrogen) atoms. The first-order chi connectivity index (χ1) is 16.1. The van der Waals surface area contributed by atoms with Crippen molar-refractivity contribution in [2.75, 3.05) is 13.2 Å². The van der Waals surface area contributed by atoms with E-state index < -0.39 is 47.0 Å². The van der Waals surface area contributed by atoms with Gasteiger partial charge >= 0.3 is 10.6 Å². The normalized spacial score (nSPS) is 59.6. The van der Waals surface area contributed by atoms with Crippen LogP contribution in [0.3, 0.4) is 0 Å². The Kier molecular flexibility index (Phi) is 4.57. The van der Waals surface area contributed by atoms with Crippen molar-refractivity contribution in [3.05, 3.63) is 0 Å². The van der Waals surface area contributed by atoms with Gasteiger partial charge in [-0.2, -0.15) is 0 Å². The highest BCUT2D eigenvalue weighted by Gasteiger charge is 2.69. The summed E-state index contributed by atoms with van der Waals surface area (Å²) in [5, 5.41) is -2.76. The summed E-state index contributed by atoms with van der Waals surface area (Å²) in [4.78, 5) is 0. The minimum Gasteiger partial charge on any atom is -0.341 e. The van der Waals surface area contributed by atoms with E-state index in [1.165, 1.54) is 21.6 Å². The van der Waals surface area contributed by atoms with Crippen LogP contribution >= 0.6 is 21.6 Å². The van der Waals surface area contributed by atoms with Gasteiger partial charge in [-0.15, -0.1) is 0 Å². The molecule has 0 amide bonds. The SMILES string of the molecule is CC1(C)OC2OC3C4COC(SSC56OCC(O5)C5OC7OC(C)(C)OC7C5O6)(O4)OC3C2O1. The number of fused-ring (bicyclic) bond motifs is 12. The van der Waals surface area contributed by atoms with Crippen molar-refractivity contribution < 1.29 is 56.8 Å². The molecule has 12 nitrogen and oxygen atoms in total. The first-order valence-electron chi connectivity index (χ1n) is 11.5. The summed E-state index contributed by atoms with van der Waals surface area (Å²) in [7, 11) is 2.39. The predicted octanol–water partition coefficient (Wildman–Crippen LogP) is 0.972. The maximum atomic E-state index is 6.31. The van der Waals surface area contributed by atoms with Gasteiger partial charge in [-0.05, 0) is 27.7 Å². The standard InChI is InChI=1S/C20H26O12S2/c1-17(2)27-13-11-9(23-15(13)31-17)7-5-21-19(25-7,29-11)33-34-20-22-6-8(26-20)10-12(30-20)14-16(24-10)32-18(3,4)28-14/h7-16H,5-6H2,1-4H3. The zero-order valence-corrected chi connectivity index (χ0v) is 20.5. The topological polar surface area (TPSA) is 111 Å². The highest BCUT2D eigenvalue weighted by atomic mass is 33.1. The molecule has 8 rings (SSSR count). The van der Waals surface area contributed by atoms with Gasteiger partial charge in [0.25, 0.3) is 0 Å². The molecule has 8 aliphatic rings. The predicted molar refractivity (Wildman–Crippen MR) is 109 cm³/mol. The third-order valence-corrected chi connectivity index (χ3v) is 9.62. The summed E-state index contributed by atoms with van der Waals surface area (Å²) in [6, 6.07) is 0. The molecule has 12 unspecified atom stereocenters. The van der Waals surface area contributed by atoms with E-state index in [1.807, 2.05) is 27.7 Å². The summed E-state index contributed by atoms with van der Waals surface area (Å²) < 4.78 is 72.7. The van der Waals surface area contributed by atoms with Crippen molar-refractivity contribution in [3.63, 3.8) is 0 Å². The Morgan fingerprint density at radius 1 is 0.500 bits per heavy atom. The van der Waals surface area contributed by atoms with E-state index >= 15 is 0 Å². The Labute approximate surface area is 203 Å². The molecular formula is C20H26O12S2. The number of hydrogen-bond acceptors (Lipinski definition) is 14. The molecule has 4 bridgehead atoms. The Bertz CT molecular complexity index is 822. The molecule has 12 atom stereocenters. The van der Waals surface area contributed by atoms with Crippen molar-refractivity contribution in [3.8, 4) is 0 Å². The third kappa shape index (κ3) is 3.19. The first-order valence-corrected chi connectivity index (χ1v) is 13.7. The molecule has 8 saturated heterocycles. The van der Waals surface area contributed by atoms with Gasteiger partial charge in [-0.3, -0.25) is 0 Å². The molecule has 0 radical (unpaired) electrons. The van der Waals surface area contributed by atoms with Crippen LogP contribution in [-0.2, 0) is 56.8 Å². The van der Waals surface area contributed by atoms with E-state index in [4.69, 9.17) is 56.8 Å². The quantitative estimate of drug-likeness (QED) is 0.491. The summed E-state index contributed by atoms with van der Waals surface area (Å²) in [5.74, 6) is -1.49. The Morgan fingerprint density at radius 2 is 0.941 bits per heavy atom. The lowest BCUT2D eigenvalue weighted by atomic mass is 10.1. The van der Waals surface area contributed by atoms with Crippen LogP contribution < -0.4 is 0 Å². The number of ether oxygens (including phenoxy) is 12. The van der Waals surface area contributed by atoms with Gasteiger partial charge in [0.1, 0.15) is 48.8 Å². The van der Waals surface area contributed by atoms with Crippen LogP contribution in [0.5, 0.6) is 0 Å². The van der Waals surface area contributed by atoms with Crippen LogP contribution in [0, 0.1) is 0 Å². The van der Waals surface area contributed by atoms with Gasteiger partial charge in [0, 0.05) is 21.6 Å². The van der Waals surface area contributed by atoms with Crippen molar-refractivity contribution in [2.45, 2.75) is 111 Å². The fourth-order valence-electron chi connectivity index (χ4n) is 5.76. The van der Waals surface area contributed by atoms with Crippen molar-refractivity contribution in [1.82, 2.24) is 0 Å². The highest BCUT2D eigenvalue weighted by Crippen LogP contribution is 2.59. The lowest BCUT2D eigenvalue weighted by Crippen LogP contribution is -2.53. The molecule has 190 valence electrons.